The van der Waals surface area contributed by atoms with Gasteiger partial charge in [0, 0.05) is 36.0 Å². The molecule has 196 valence electrons. The van der Waals surface area contributed by atoms with Crippen LogP contribution < -0.4 is 15.5 Å². The summed E-state index contributed by atoms with van der Waals surface area (Å²) in [6, 6.07) is 1.93. The third-order valence-corrected chi connectivity index (χ3v) is 9.64. The molecule has 2 aromatic heterocycles. The van der Waals surface area contributed by atoms with Crippen molar-refractivity contribution in [2.24, 2.45) is 11.1 Å². The number of hydrogen-bond acceptors (Lipinski definition) is 10. The van der Waals surface area contributed by atoms with Gasteiger partial charge in [-0.3, -0.25) is 0 Å². The standard InChI is InChI=1S/C24H32Cl2N6O3S/c1-14-21(27)24(13-35-14)4-7-31(8-5-24)23-16(12-34)29-19(10-28-23)36-17-9-18(30-22(26)20(17)25)32-6-2-3-15(32)11-33/h9-10,14-15,21,33-34H,2-8,11-13,27H2,1H3/t14-,15?,21+/m0/s1. The Morgan fingerprint density at radius 2 is 2.00 bits per heavy atom. The van der Waals surface area contributed by atoms with Crippen molar-refractivity contribution < 1.29 is 14.9 Å². The maximum absolute atomic E-state index is 10.1. The zero-order valence-electron chi connectivity index (χ0n) is 20.2. The van der Waals surface area contributed by atoms with Crippen molar-refractivity contribution in [2.45, 2.75) is 67.3 Å². The van der Waals surface area contributed by atoms with Crippen LogP contribution >= 0.6 is 35.0 Å². The second-order valence-electron chi connectivity index (χ2n) is 9.89. The molecule has 3 saturated heterocycles. The van der Waals surface area contributed by atoms with Crippen LogP contribution in [-0.2, 0) is 11.3 Å². The number of hydrogen-bond donors (Lipinski definition) is 3. The van der Waals surface area contributed by atoms with Crippen LogP contribution in [0.4, 0.5) is 11.6 Å². The van der Waals surface area contributed by atoms with Gasteiger partial charge in [-0.25, -0.2) is 15.0 Å². The number of aliphatic hydroxyl groups is 2. The van der Waals surface area contributed by atoms with Gasteiger partial charge in [-0.05, 0) is 38.7 Å². The van der Waals surface area contributed by atoms with E-state index < -0.39 is 0 Å². The monoisotopic (exact) mass is 554 g/mol. The van der Waals surface area contributed by atoms with E-state index in [0.717, 1.165) is 45.3 Å². The molecule has 5 rings (SSSR count). The highest BCUT2D eigenvalue weighted by atomic mass is 35.5. The molecule has 3 atom stereocenters. The molecule has 9 nitrogen and oxygen atoms in total. The number of nitrogens with two attached hydrogens (primary N) is 1. The first kappa shape index (κ1) is 26.2. The zero-order valence-corrected chi connectivity index (χ0v) is 22.6. The van der Waals surface area contributed by atoms with Crippen molar-refractivity contribution in [3.05, 3.63) is 28.1 Å². The van der Waals surface area contributed by atoms with Gasteiger partial charge in [0.2, 0.25) is 0 Å². The highest BCUT2D eigenvalue weighted by molar-refractivity contribution is 7.99. The van der Waals surface area contributed by atoms with Crippen molar-refractivity contribution in [3.8, 4) is 0 Å². The van der Waals surface area contributed by atoms with Crippen LogP contribution in [0.25, 0.3) is 0 Å². The molecule has 1 unspecified atom stereocenters. The molecule has 0 aliphatic carbocycles. The lowest BCUT2D eigenvalue weighted by molar-refractivity contribution is 0.0973. The number of aliphatic hydroxyl groups excluding tert-OH is 2. The minimum absolute atomic E-state index is 0.0119. The number of pyridine rings is 1. The van der Waals surface area contributed by atoms with Gasteiger partial charge in [-0.2, -0.15) is 0 Å². The van der Waals surface area contributed by atoms with Gasteiger partial charge in [0.15, 0.2) is 11.0 Å². The van der Waals surface area contributed by atoms with Crippen molar-refractivity contribution in [3.63, 3.8) is 0 Å². The molecule has 0 bridgehead atoms. The summed E-state index contributed by atoms with van der Waals surface area (Å²) >= 11 is 14.2. The number of halogens is 2. The second-order valence-corrected chi connectivity index (χ2v) is 11.7. The van der Waals surface area contributed by atoms with Crippen LogP contribution in [0.1, 0.15) is 38.3 Å². The maximum atomic E-state index is 10.1. The summed E-state index contributed by atoms with van der Waals surface area (Å²) in [7, 11) is 0. The normalized spacial score (nSPS) is 25.8. The summed E-state index contributed by atoms with van der Waals surface area (Å²) in [6.07, 6.45) is 5.50. The topological polar surface area (TPSA) is 121 Å². The first-order chi connectivity index (χ1) is 17.3. The number of aromatic nitrogens is 3. The van der Waals surface area contributed by atoms with Gasteiger partial charge in [0.05, 0.1) is 43.2 Å². The molecule has 4 N–H and O–H groups in total. The van der Waals surface area contributed by atoms with Crippen molar-refractivity contribution in [2.75, 3.05) is 42.6 Å². The van der Waals surface area contributed by atoms with Crippen LogP contribution in [0.2, 0.25) is 10.2 Å². The first-order valence-electron chi connectivity index (χ1n) is 12.4. The Bertz CT molecular complexity index is 1100. The molecule has 0 radical (unpaired) electrons. The van der Waals surface area contributed by atoms with Gasteiger partial charge in [0.1, 0.15) is 16.5 Å². The number of nitrogens with zero attached hydrogens (tertiary/aromatic N) is 5. The van der Waals surface area contributed by atoms with Crippen LogP contribution in [-0.4, -0.2) is 76.2 Å². The minimum Gasteiger partial charge on any atom is -0.394 e. The van der Waals surface area contributed by atoms with Gasteiger partial charge >= 0.3 is 0 Å². The summed E-state index contributed by atoms with van der Waals surface area (Å²) < 4.78 is 5.83. The molecular formula is C24H32Cl2N6O3S. The Morgan fingerprint density at radius 1 is 1.22 bits per heavy atom. The van der Waals surface area contributed by atoms with Crippen LogP contribution in [0, 0.1) is 5.41 Å². The van der Waals surface area contributed by atoms with Crippen LogP contribution in [0.3, 0.4) is 0 Å². The lowest BCUT2D eigenvalue weighted by atomic mass is 9.73. The molecule has 0 amide bonds. The van der Waals surface area contributed by atoms with E-state index in [1.54, 1.807) is 6.20 Å². The van der Waals surface area contributed by atoms with Crippen molar-refractivity contribution in [1.82, 2.24) is 15.0 Å². The molecule has 1 spiro atoms. The smallest absolute Gasteiger partial charge is 0.152 e. The lowest BCUT2D eigenvalue weighted by Gasteiger charge is -2.41. The summed E-state index contributed by atoms with van der Waals surface area (Å²) in [5.74, 6) is 1.38. The van der Waals surface area contributed by atoms with Gasteiger partial charge < -0.3 is 30.5 Å². The fourth-order valence-corrected chi connectivity index (χ4v) is 6.88. The molecule has 0 aromatic carbocycles. The third kappa shape index (κ3) is 4.89. The Kier molecular flexibility index (Phi) is 7.84. The van der Waals surface area contributed by atoms with Crippen LogP contribution in [0.5, 0.6) is 0 Å². The van der Waals surface area contributed by atoms with E-state index in [1.165, 1.54) is 11.8 Å². The maximum Gasteiger partial charge on any atom is 0.152 e. The average molecular weight is 556 g/mol. The van der Waals surface area contributed by atoms with Crippen LogP contribution in [0.15, 0.2) is 22.2 Å². The fraction of sp³-hybridized carbons (Fsp3) is 0.625. The molecule has 12 heteroatoms. The molecule has 5 heterocycles. The van der Waals surface area contributed by atoms with E-state index >= 15 is 0 Å². The zero-order chi connectivity index (χ0) is 25.4. The lowest BCUT2D eigenvalue weighted by Crippen LogP contribution is -2.51. The molecule has 3 aliphatic rings. The highest BCUT2D eigenvalue weighted by Crippen LogP contribution is 2.43. The summed E-state index contributed by atoms with van der Waals surface area (Å²) in [4.78, 5) is 18.7. The molecular weight excluding hydrogens is 523 g/mol. The van der Waals surface area contributed by atoms with Gasteiger partial charge in [0.25, 0.3) is 0 Å². The van der Waals surface area contributed by atoms with E-state index in [1.807, 2.05) is 13.0 Å². The molecule has 0 saturated carbocycles. The second kappa shape index (κ2) is 10.8. The fourth-order valence-electron chi connectivity index (χ4n) is 5.58. The minimum atomic E-state index is -0.222. The number of piperidine rings is 1. The van der Waals surface area contributed by atoms with E-state index in [0.29, 0.717) is 38.9 Å². The Labute approximate surface area is 225 Å². The predicted molar refractivity (Wildman–Crippen MR) is 141 cm³/mol. The molecule has 3 fully saturated rings. The third-order valence-electron chi connectivity index (χ3n) is 7.82. The Hall–Kier alpha value is -1.40. The van der Waals surface area contributed by atoms with E-state index in [4.69, 9.17) is 38.7 Å². The molecule has 2 aromatic rings. The number of ether oxygens (including phenoxy) is 1. The van der Waals surface area contributed by atoms with Gasteiger partial charge in [-0.1, -0.05) is 35.0 Å². The SMILES string of the molecule is C[C@@H]1OCC2(CCN(c3ncc(Sc4cc(N5CCCC5CO)nc(Cl)c4Cl)nc3CO)CC2)[C@@H]1N. The molecule has 36 heavy (non-hydrogen) atoms. The van der Waals surface area contributed by atoms with Crippen molar-refractivity contribution >= 4 is 46.6 Å². The average Bonchev–Trinajstić information content (AvgIpc) is 3.48. The Balaban J connectivity index is 1.34. The molecule has 3 aliphatic heterocycles. The number of anilines is 2. The number of rotatable bonds is 6. The van der Waals surface area contributed by atoms with E-state index in [2.05, 4.69) is 19.8 Å². The van der Waals surface area contributed by atoms with E-state index in [-0.39, 0.29) is 42.0 Å². The van der Waals surface area contributed by atoms with E-state index in [9.17, 15) is 10.2 Å². The van der Waals surface area contributed by atoms with Gasteiger partial charge in [-0.15, -0.1) is 0 Å². The quantitative estimate of drug-likeness (QED) is 0.459. The first-order valence-corrected chi connectivity index (χ1v) is 13.9. The predicted octanol–water partition coefficient (Wildman–Crippen LogP) is 3.12. The van der Waals surface area contributed by atoms with Crippen molar-refractivity contribution in [1.29, 1.82) is 0 Å². The largest absolute Gasteiger partial charge is 0.394 e. The summed E-state index contributed by atoms with van der Waals surface area (Å²) in [6.45, 7) is 4.96. The summed E-state index contributed by atoms with van der Waals surface area (Å²) in [5.41, 5.74) is 6.99. The summed E-state index contributed by atoms with van der Waals surface area (Å²) in [5, 5.41) is 21.0. The Morgan fingerprint density at radius 3 is 2.67 bits per heavy atom. The highest BCUT2D eigenvalue weighted by Gasteiger charge is 2.47.